The van der Waals surface area contributed by atoms with E-state index in [0.29, 0.717) is 37.9 Å². The van der Waals surface area contributed by atoms with Gasteiger partial charge in [-0.05, 0) is 43.7 Å². The molecular weight excluding hydrogens is 408 g/mol. The lowest BCUT2D eigenvalue weighted by Crippen LogP contribution is -2.36. The van der Waals surface area contributed by atoms with Crippen LogP contribution in [0.2, 0.25) is 0 Å². The average Bonchev–Trinajstić information content (AvgIpc) is 3.16. The third kappa shape index (κ3) is 3.80. The van der Waals surface area contributed by atoms with Gasteiger partial charge in [0.2, 0.25) is 5.91 Å². The molecule has 1 aromatic carbocycles. The summed E-state index contributed by atoms with van der Waals surface area (Å²) in [6.07, 6.45) is 0.370. The molecule has 1 amide bonds. The summed E-state index contributed by atoms with van der Waals surface area (Å²) in [6, 6.07) is 11.8. The molecule has 166 valence electrons. The number of carbonyl (C=O) groups is 1. The van der Waals surface area contributed by atoms with Gasteiger partial charge in [0.15, 0.2) is 11.6 Å². The predicted molar refractivity (Wildman–Crippen MR) is 120 cm³/mol. The zero-order valence-corrected chi connectivity index (χ0v) is 18.2. The first-order valence-corrected chi connectivity index (χ1v) is 10.9. The van der Waals surface area contributed by atoms with Crippen LogP contribution in [0.1, 0.15) is 36.1 Å². The summed E-state index contributed by atoms with van der Waals surface area (Å²) in [5.41, 5.74) is 2.92. The average molecular weight is 435 g/mol. The van der Waals surface area contributed by atoms with Crippen molar-refractivity contribution in [3.8, 4) is 11.6 Å². The number of aromatic nitrogens is 4. The van der Waals surface area contributed by atoms with Gasteiger partial charge in [-0.15, -0.1) is 10.2 Å². The number of hydrogen-bond donors (Lipinski definition) is 1. The van der Waals surface area contributed by atoms with Gasteiger partial charge in [0.1, 0.15) is 11.6 Å². The summed E-state index contributed by atoms with van der Waals surface area (Å²) in [5.74, 6) is 2.73. The van der Waals surface area contributed by atoms with Crippen molar-refractivity contribution in [2.45, 2.75) is 26.2 Å². The molecule has 0 radical (unpaired) electrons. The zero-order chi connectivity index (χ0) is 22.1. The highest BCUT2D eigenvalue weighted by Gasteiger charge is 2.33. The van der Waals surface area contributed by atoms with Crippen LogP contribution in [-0.2, 0) is 9.53 Å². The molecule has 0 spiro atoms. The van der Waals surface area contributed by atoms with Crippen LogP contribution in [0.15, 0.2) is 36.4 Å². The Morgan fingerprint density at radius 1 is 1.09 bits per heavy atom. The van der Waals surface area contributed by atoms with Gasteiger partial charge in [-0.25, -0.2) is 0 Å². The van der Waals surface area contributed by atoms with Crippen molar-refractivity contribution in [3.05, 3.63) is 53.2 Å². The molecule has 3 aromatic rings. The van der Waals surface area contributed by atoms with E-state index in [9.17, 15) is 4.79 Å². The number of fused-ring (bicyclic) bond motifs is 1. The first-order valence-electron chi connectivity index (χ1n) is 10.9. The van der Waals surface area contributed by atoms with Crippen molar-refractivity contribution in [1.82, 2.24) is 20.0 Å². The molecule has 0 saturated carbocycles. The molecule has 9 heteroatoms. The van der Waals surface area contributed by atoms with Crippen LogP contribution in [0.5, 0.6) is 5.75 Å². The van der Waals surface area contributed by atoms with E-state index in [1.54, 1.807) is 4.68 Å². The number of hydrogen-bond acceptors (Lipinski definition) is 7. The zero-order valence-electron chi connectivity index (χ0n) is 18.2. The van der Waals surface area contributed by atoms with Crippen molar-refractivity contribution >= 4 is 17.5 Å². The number of nitrogens with one attached hydrogen (secondary N) is 1. The monoisotopic (exact) mass is 434 g/mol. The Bertz CT molecular complexity index is 1100. The maximum atomic E-state index is 12.6. The summed E-state index contributed by atoms with van der Waals surface area (Å²) in [6.45, 7) is 7.51. The van der Waals surface area contributed by atoms with Crippen LogP contribution in [0, 0.1) is 6.92 Å². The second-order valence-corrected chi connectivity index (χ2v) is 7.92. The van der Waals surface area contributed by atoms with Crippen LogP contribution in [0.25, 0.3) is 5.82 Å². The molecule has 1 fully saturated rings. The van der Waals surface area contributed by atoms with Crippen molar-refractivity contribution < 1.29 is 14.3 Å². The summed E-state index contributed by atoms with van der Waals surface area (Å²) >= 11 is 0. The molecule has 1 atom stereocenters. The van der Waals surface area contributed by atoms with Crippen molar-refractivity contribution in [2.24, 2.45) is 0 Å². The third-order valence-corrected chi connectivity index (χ3v) is 5.88. The van der Waals surface area contributed by atoms with Crippen LogP contribution in [0.3, 0.4) is 0 Å². The van der Waals surface area contributed by atoms with Crippen LogP contribution in [-0.4, -0.2) is 58.8 Å². The molecule has 5 rings (SSSR count). The number of aryl methyl sites for hydroxylation is 1. The Labute approximate surface area is 186 Å². The fourth-order valence-corrected chi connectivity index (χ4v) is 4.35. The number of rotatable bonds is 5. The highest BCUT2D eigenvalue weighted by molar-refractivity contribution is 5.95. The minimum Gasteiger partial charge on any atom is -0.494 e. The van der Waals surface area contributed by atoms with Gasteiger partial charge in [-0.2, -0.15) is 9.78 Å². The first kappa shape index (κ1) is 20.4. The van der Waals surface area contributed by atoms with Crippen LogP contribution < -0.4 is 15.0 Å². The van der Waals surface area contributed by atoms with E-state index < -0.39 is 0 Å². The fourth-order valence-electron chi connectivity index (χ4n) is 4.35. The summed E-state index contributed by atoms with van der Waals surface area (Å²) in [4.78, 5) is 14.7. The van der Waals surface area contributed by atoms with Gasteiger partial charge in [0.05, 0.1) is 25.5 Å². The fraction of sp³-hybridized carbons (Fsp3) is 0.391. The van der Waals surface area contributed by atoms with E-state index in [2.05, 4.69) is 20.4 Å². The number of amides is 1. The van der Waals surface area contributed by atoms with E-state index in [1.165, 1.54) is 0 Å². The molecule has 2 aliphatic rings. The lowest BCUT2D eigenvalue weighted by atomic mass is 9.86. The first-order chi connectivity index (χ1) is 15.6. The van der Waals surface area contributed by atoms with Crippen molar-refractivity contribution in [1.29, 1.82) is 0 Å². The molecule has 0 bridgehead atoms. The number of ether oxygens (including phenoxy) is 2. The van der Waals surface area contributed by atoms with E-state index in [4.69, 9.17) is 14.6 Å². The van der Waals surface area contributed by atoms with Crippen LogP contribution >= 0.6 is 0 Å². The topological polar surface area (TPSA) is 94.4 Å². The maximum absolute atomic E-state index is 12.6. The molecule has 32 heavy (non-hydrogen) atoms. The highest BCUT2D eigenvalue weighted by Crippen LogP contribution is 2.40. The molecule has 1 saturated heterocycles. The van der Waals surface area contributed by atoms with Gasteiger partial charge in [-0.1, -0.05) is 12.1 Å². The standard InChI is InChI=1S/C23H26N6O3/c1-3-32-17-6-4-16(5-7-17)18-14-21(30)24-23-22(18)15(2)27-29(23)20-9-8-19(25-26-20)28-10-12-31-13-11-28/h4-9,18H,3,10-14H2,1-2H3,(H,24,30)/t18-/m0/s1. The minimum atomic E-state index is -0.0799. The largest absolute Gasteiger partial charge is 0.494 e. The molecule has 2 aromatic heterocycles. The lowest BCUT2D eigenvalue weighted by Gasteiger charge is -2.27. The Kier molecular flexibility index (Phi) is 5.48. The molecular formula is C23H26N6O3. The number of nitrogens with zero attached hydrogens (tertiary/aromatic N) is 5. The van der Waals surface area contributed by atoms with E-state index in [-0.39, 0.29) is 11.8 Å². The van der Waals surface area contributed by atoms with Gasteiger partial charge in [0.25, 0.3) is 0 Å². The smallest absolute Gasteiger partial charge is 0.226 e. The van der Waals surface area contributed by atoms with Gasteiger partial charge >= 0.3 is 0 Å². The van der Waals surface area contributed by atoms with Crippen molar-refractivity contribution in [2.75, 3.05) is 43.1 Å². The summed E-state index contributed by atoms with van der Waals surface area (Å²) in [5, 5.41) is 16.5. The quantitative estimate of drug-likeness (QED) is 0.660. The third-order valence-electron chi connectivity index (χ3n) is 5.88. The van der Waals surface area contributed by atoms with E-state index in [1.807, 2.05) is 50.2 Å². The second-order valence-electron chi connectivity index (χ2n) is 7.92. The Hall–Kier alpha value is -3.46. The molecule has 4 heterocycles. The molecule has 9 nitrogen and oxygen atoms in total. The predicted octanol–water partition coefficient (Wildman–Crippen LogP) is 2.68. The number of benzene rings is 1. The molecule has 0 unspecified atom stereocenters. The Morgan fingerprint density at radius 3 is 2.50 bits per heavy atom. The van der Waals surface area contributed by atoms with Crippen molar-refractivity contribution in [3.63, 3.8) is 0 Å². The van der Waals surface area contributed by atoms with Crippen LogP contribution in [0.4, 0.5) is 11.6 Å². The summed E-state index contributed by atoms with van der Waals surface area (Å²) < 4.78 is 12.6. The van der Waals surface area contributed by atoms with E-state index in [0.717, 1.165) is 41.5 Å². The SMILES string of the molecule is CCOc1ccc([C@@H]2CC(=O)Nc3c2c(C)nn3-c2ccc(N3CCOCC3)nn2)cc1. The second kappa shape index (κ2) is 8.58. The molecule has 1 N–H and O–H groups in total. The number of anilines is 2. The van der Waals surface area contributed by atoms with Gasteiger partial charge < -0.3 is 19.7 Å². The Morgan fingerprint density at radius 2 is 1.81 bits per heavy atom. The highest BCUT2D eigenvalue weighted by atomic mass is 16.5. The minimum absolute atomic E-state index is 0.0459. The Balaban J connectivity index is 1.47. The normalized spacial score (nSPS) is 18.2. The molecule has 0 aliphatic carbocycles. The lowest BCUT2D eigenvalue weighted by molar-refractivity contribution is -0.116. The number of carbonyl (C=O) groups excluding carboxylic acids is 1. The summed E-state index contributed by atoms with van der Waals surface area (Å²) in [7, 11) is 0. The maximum Gasteiger partial charge on any atom is 0.226 e. The van der Waals surface area contributed by atoms with Gasteiger partial charge in [-0.3, -0.25) is 4.79 Å². The molecule has 2 aliphatic heterocycles. The van der Waals surface area contributed by atoms with Gasteiger partial charge in [0, 0.05) is 31.0 Å². The number of morpholine rings is 1. The van der Waals surface area contributed by atoms with E-state index >= 15 is 0 Å².